The molecule has 0 aliphatic heterocycles. The van der Waals surface area contributed by atoms with Crippen LogP contribution in [0.4, 0.5) is 0 Å². The van der Waals surface area contributed by atoms with Crippen molar-refractivity contribution in [1.82, 2.24) is 0 Å². The molecule has 93 valence electrons. The van der Waals surface area contributed by atoms with Crippen LogP contribution in [-0.2, 0) is 16.9 Å². The summed E-state index contributed by atoms with van der Waals surface area (Å²) in [5.41, 5.74) is 2.30. The van der Waals surface area contributed by atoms with E-state index in [1.807, 2.05) is 30.4 Å². The summed E-state index contributed by atoms with van der Waals surface area (Å²) in [5, 5.41) is 0. The zero-order valence-corrected chi connectivity index (χ0v) is 13.3. The summed E-state index contributed by atoms with van der Waals surface area (Å²) in [4.78, 5) is 0. The fraction of sp³-hybridized carbons (Fsp3) is 0.333. The number of ether oxygens (including phenoxy) is 1. The molecular formula is C12H14Cl3OTi. The predicted molar refractivity (Wildman–Crippen MR) is 72.5 cm³/mol. The minimum atomic E-state index is -4.04. The molecule has 0 amide bonds. The third kappa shape index (κ3) is 2.92. The van der Waals surface area contributed by atoms with Gasteiger partial charge in [0, 0.05) is 0 Å². The zero-order valence-electron chi connectivity index (χ0n) is 9.50. The number of fused-ring (bicyclic) bond motifs is 1. The van der Waals surface area contributed by atoms with Crippen LogP contribution in [0.5, 0.6) is 0 Å². The van der Waals surface area contributed by atoms with E-state index < -0.39 is 12.1 Å². The summed E-state index contributed by atoms with van der Waals surface area (Å²) in [6, 6.07) is 8.08. The molecule has 0 fully saturated rings. The standard InChI is InChI=1S/C9H7.C3H7O.3ClH.Ti/c1-2-5-9-7-3-6-8(9)4-1;1-3-4-2;;;;/h1-7H;1,3H2,2H3;3*1H;/q;;;;;+3/p-3. The molecule has 1 aliphatic rings. The van der Waals surface area contributed by atoms with E-state index in [0.717, 1.165) is 11.1 Å². The van der Waals surface area contributed by atoms with Crippen LogP contribution >= 0.6 is 27.9 Å². The molecular weight excluding hydrogens is 314 g/mol. The molecule has 0 saturated heterocycles. The van der Waals surface area contributed by atoms with E-state index in [1.54, 1.807) is 7.11 Å². The summed E-state index contributed by atoms with van der Waals surface area (Å²) in [6.07, 6.45) is 4.08. The first-order chi connectivity index (χ1) is 7.92. The quantitative estimate of drug-likeness (QED) is 0.709. The molecule has 17 heavy (non-hydrogen) atoms. The number of allylic oxidation sites excluding steroid dienone is 1. The molecule has 1 aliphatic carbocycles. The van der Waals surface area contributed by atoms with Gasteiger partial charge in [-0.15, -0.1) is 0 Å². The molecule has 0 aromatic heterocycles. The summed E-state index contributed by atoms with van der Waals surface area (Å²) >= 11 is -4.04. The van der Waals surface area contributed by atoms with E-state index in [1.165, 1.54) is 0 Å². The average molecular weight is 328 g/mol. The predicted octanol–water partition coefficient (Wildman–Crippen LogP) is 4.97. The van der Waals surface area contributed by atoms with E-state index in [9.17, 15) is 0 Å². The van der Waals surface area contributed by atoms with Crippen molar-refractivity contribution in [3.63, 3.8) is 0 Å². The summed E-state index contributed by atoms with van der Waals surface area (Å²) in [6.45, 7) is 0.500. The van der Waals surface area contributed by atoms with Crippen LogP contribution in [0, 0.1) is 0 Å². The van der Waals surface area contributed by atoms with Gasteiger partial charge in [0.25, 0.3) is 0 Å². The first-order valence-electron chi connectivity index (χ1n) is 5.48. The van der Waals surface area contributed by atoms with Crippen molar-refractivity contribution in [1.29, 1.82) is 0 Å². The Morgan fingerprint density at radius 3 is 2.65 bits per heavy atom. The van der Waals surface area contributed by atoms with E-state index in [0.29, 0.717) is 11.3 Å². The maximum atomic E-state index is 6.60. The fourth-order valence-corrected chi connectivity index (χ4v) is 8.81. The Morgan fingerprint density at radius 2 is 1.94 bits per heavy atom. The third-order valence-corrected chi connectivity index (χ3v) is 12.6. The Hall–Kier alpha value is 0.504. The van der Waals surface area contributed by atoms with Crippen LogP contribution < -0.4 is 0 Å². The van der Waals surface area contributed by atoms with Gasteiger partial charge < -0.3 is 0 Å². The molecule has 1 aromatic rings. The van der Waals surface area contributed by atoms with Gasteiger partial charge >= 0.3 is 115 Å². The van der Waals surface area contributed by atoms with Gasteiger partial charge in [-0.25, -0.2) is 0 Å². The first kappa shape index (κ1) is 13.9. The Balaban J connectivity index is 2.33. The van der Waals surface area contributed by atoms with Crippen LogP contribution in [0.2, 0.25) is 4.73 Å². The first-order valence-corrected chi connectivity index (χ1v) is 13.9. The normalized spacial score (nSPS) is 20.9. The van der Waals surface area contributed by atoms with Crippen molar-refractivity contribution >= 4 is 34.0 Å². The number of halogens is 3. The fourth-order valence-electron chi connectivity index (χ4n) is 2.15. The van der Waals surface area contributed by atoms with Crippen LogP contribution in [0.3, 0.4) is 0 Å². The van der Waals surface area contributed by atoms with Gasteiger partial charge in [-0.05, 0) is 0 Å². The van der Waals surface area contributed by atoms with Crippen molar-refractivity contribution in [2.45, 2.75) is 8.95 Å². The van der Waals surface area contributed by atoms with Crippen molar-refractivity contribution in [3.05, 3.63) is 41.5 Å². The van der Waals surface area contributed by atoms with E-state index >= 15 is 0 Å². The average Bonchev–Trinajstić information content (AvgIpc) is 2.71. The maximum absolute atomic E-state index is 6.60. The van der Waals surface area contributed by atoms with Gasteiger partial charge in [0.1, 0.15) is 0 Å². The Kier molecular flexibility index (Phi) is 4.00. The van der Waals surface area contributed by atoms with E-state index in [4.69, 9.17) is 32.7 Å². The van der Waals surface area contributed by atoms with Crippen LogP contribution in [0.1, 0.15) is 15.3 Å². The number of rotatable bonds is 4. The summed E-state index contributed by atoms with van der Waals surface area (Å²) in [5.74, 6) is 0. The van der Waals surface area contributed by atoms with E-state index in [-0.39, 0.29) is 4.22 Å². The molecule has 0 spiro atoms. The van der Waals surface area contributed by atoms with Gasteiger partial charge in [-0.1, -0.05) is 0 Å². The molecule has 1 nitrogen and oxygen atoms in total. The van der Waals surface area contributed by atoms with Gasteiger partial charge in [0.15, 0.2) is 0 Å². The summed E-state index contributed by atoms with van der Waals surface area (Å²) < 4.78 is 5.57. The monoisotopic (exact) mass is 327 g/mol. The Morgan fingerprint density at radius 1 is 1.24 bits per heavy atom. The van der Waals surface area contributed by atoms with Crippen molar-refractivity contribution in [2.75, 3.05) is 13.7 Å². The van der Waals surface area contributed by atoms with Crippen molar-refractivity contribution < 1.29 is 16.9 Å². The molecule has 1 atom stereocenters. The number of methoxy groups -OCH3 is 1. The number of hydrogen-bond acceptors (Lipinski definition) is 1. The molecule has 0 N–H and O–H groups in total. The minimum absolute atomic E-state index is 0.0386. The number of benzene rings is 1. The zero-order chi connectivity index (χ0) is 12.5. The molecule has 1 unspecified atom stereocenters. The van der Waals surface area contributed by atoms with Gasteiger partial charge in [-0.2, -0.15) is 0 Å². The Bertz CT molecular complexity index is 451. The van der Waals surface area contributed by atoms with Crippen LogP contribution in [0.25, 0.3) is 6.08 Å². The molecule has 5 heteroatoms. The van der Waals surface area contributed by atoms with Gasteiger partial charge in [0.05, 0.1) is 0 Å². The molecule has 0 heterocycles. The Labute approximate surface area is 114 Å². The summed E-state index contributed by atoms with van der Waals surface area (Å²) in [7, 11) is 21.4. The van der Waals surface area contributed by atoms with Crippen molar-refractivity contribution in [2.24, 2.45) is 0 Å². The topological polar surface area (TPSA) is 9.23 Å². The SMILES string of the molecule is COC[CH2][Ti]([Cl])([Cl])([Cl])[CH]1C=Cc2ccccc21. The molecule has 0 radical (unpaired) electrons. The van der Waals surface area contributed by atoms with Crippen LogP contribution in [-0.4, -0.2) is 13.7 Å². The molecule has 1 aromatic carbocycles. The van der Waals surface area contributed by atoms with Crippen molar-refractivity contribution in [3.8, 4) is 0 Å². The van der Waals surface area contributed by atoms with Gasteiger partial charge in [-0.3, -0.25) is 0 Å². The molecule has 2 rings (SSSR count). The second-order valence-corrected chi connectivity index (χ2v) is 22.8. The van der Waals surface area contributed by atoms with E-state index in [2.05, 4.69) is 6.07 Å². The number of hydrogen-bond donors (Lipinski definition) is 0. The molecule has 0 saturated carbocycles. The second-order valence-electron chi connectivity index (χ2n) is 4.36. The van der Waals surface area contributed by atoms with Gasteiger partial charge in [0.2, 0.25) is 0 Å². The molecule has 0 bridgehead atoms. The second kappa shape index (κ2) is 4.88. The third-order valence-electron chi connectivity index (χ3n) is 3.11. The van der Waals surface area contributed by atoms with Crippen LogP contribution in [0.15, 0.2) is 30.3 Å².